The monoisotopic (exact) mass is 342 g/mol. The summed E-state index contributed by atoms with van der Waals surface area (Å²) in [4.78, 5) is 1.15. The summed E-state index contributed by atoms with van der Waals surface area (Å²) in [6.07, 6.45) is 1.06. The maximum Gasteiger partial charge on any atom is 0.197 e. The van der Waals surface area contributed by atoms with Crippen molar-refractivity contribution in [2.45, 2.75) is 49.7 Å². The average Bonchev–Trinajstić information content (AvgIpc) is 2.46. The van der Waals surface area contributed by atoms with Crippen molar-refractivity contribution < 1.29 is 13.8 Å². The normalized spacial score (nSPS) is 32.9. The summed E-state index contributed by atoms with van der Waals surface area (Å²) in [5.41, 5.74) is -0.119. The molecular weight excluding hydrogens is 315 g/mol. The fourth-order valence-corrected chi connectivity index (χ4v) is 5.08. The zero-order valence-corrected chi connectivity index (χ0v) is 15.8. The van der Waals surface area contributed by atoms with Crippen LogP contribution in [0.3, 0.4) is 0 Å². The second kappa shape index (κ2) is 7.53. The summed E-state index contributed by atoms with van der Waals surface area (Å²) < 4.78 is 24.4. The van der Waals surface area contributed by atoms with E-state index in [-0.39, 0.29) is 17.6 Å². The zero-order valence-electron chi connectivity index (χ0n) is 14.1. The largest absolute Gasteiger partial charge is 0.361 e. The summed E-state index contributed by atoms with van der Waals surface area (Å²) in [5, 5.41) is 0. The molecule has 5 unspecified atom stereocenters. The fourth-order valence-electron chi connectivity index (χ4n) is 2.89. The van der Waals surface area contributed by atoms with E-state index in [1.807, 2.05) is 18.2 Å². The van der Waals surface area contributed by atoms with Gasteiger partial charge in [-0.1, -0.05) is 50.7 Å². The number of hydrogen-bond acceptors (Lipinski definition) is 4. The topological polar surface area (TPSA) is 35.5 Å². The van der Waals surface area contributed by atoms with Crippen LogP contribution < -0.4 is 0 Å². The van der Waals surface area contributed by atoms with E-state index < -0.39 is 7.37 Å². The van der Waals surface area contributed by atoms with Crippen molar-refractivity contribution in [1.29, 1.82) is 0 Å². The molecule has 3 nitrogen and oxygen atoms in total. The maximum absolute atomic E-state index is 12.2. The second-order valence-corrected chi connectivity index (χ2v) is 10.3. The van der Waals surface area contributed by atoms with Gasteiger partial charge in [-0.25, -0.2) is 0 Å². The van der Waals surface area contributed by atoms with Gasteiger partial charge in [0.1, 0.15) is 11.5 Å². The summed E-state index contributed by atoms with van der Waals surface area (Å²) in [6, 6.07) is 10.2. The Kier molecular flexibility index (Phi) is 6.18. The zero-order chi connectivity index (χ0) is 16.3. The van der Waals surface area contributed by atoms with Gasteiger partial charge in [0.2, 0.25) is 0 Å². The fraction of sp³-hybridized carbons (Fsp3) is 0.647. The van der Waals surface area contributed by atoms with Gasteiger partial charge in [-0.15, -0.1) is 0 Å². The molecule has 22 heavy (non-hydrogen) atoms. The smallest absolute Gasteiger partial charge is 0.197 e. The Morgan fingerprint density at radius 3 is 2.36 bits per heavy atom. The minimum atomic E-state index is -2.56. The molecule has 1 heterocycles. The lowest BCUT2D eigenvalue weighted by molar-refractivity contribution is -0.123. The molecule has 0 N–H and O–H groups in total. The Balaban J connectivity index is 2.22. The van der Waals surface area contributed by atoms with Crippen LogP contribution in [0.25, 0.3) is 0 Å². The van der Waals surface area contributed by atoms with Gasteiger partial charge in [0.05, 0.1) is 6.10 Å². The van der Waals surface area contributed by atoms with Crippen LogP contribution in [0.1, 0.15) is 27.2 Å². The molecule has 1 aliphatic rings. The van der Waals surface area contributed by atoms with E-state index in [2.05, 4.69) is 32.9 Å². The highest BCUT2D eigenvalue weighted by Gasteiger charge is 2.43. The van der Waals surface area contributed by atoms with Gasteiger partial charge < -0.3 is 9.26 Å². The van der Waals surface area contributed by atoms with Crippen molar-refractivity contribution in [3.05, 3.63) is 30.3 Å². The molecule has 0 bridgehead atoms. The Labute approximate surface area is 138 Å². The first kappa shape index (κ1) is 18.1. The first-order valence-corrected chi connectivity index (χ1v) is 11.3. The lowest BCUT2D eigenvalue weighted by Crippen LogP contribution is -2.48. The Morgan fingerprint density at radius 1 is 1.18 bits per heavy atom. The third-order valence-electron chi connectivity index (χ3n) is 4.28. The quantitative estimate of drug-likeness (QED) is 0.697. The van der Waals surface area contributed by atoms with Crippen molar-refractivity contribution in [1.82, 2.24) is 0 Å². The molecule has 0 radical (unpaired) electrons. The average molecular weight is 342 g/mol. The van der Waals surface area contributed by atoms with Crippen LogP contribution in [0.4, 0.5) is 0 Å². The Morgan fingerprint density at radius 2 is 1.82 bits per heavy atom. The first-order valence-electron chi connectivity index (χ1n) is 7.92. The molecule has 0 saturated carbocycles. The molecule has 1 saturated heterocycles. The van der Waals surface area contributed by atoms with E-state index in [9.17, 15) is 4.57 Å². The maximum atomic E-state index is 12.2. The summed E-state index contributed by atoms with van der Waals surface area (Å²) in [6.45, 7) is 9.91. The highest BCUT2D eigenvalue weighted by molar-refractivity contribution is 7.99. The number of rotatable bonds is 5. The molecule has 0 aromatic heterocycles. The van der Waals surface area contributed by atoms with Crippen LogP contribution in [-0.2, 0) is 13.8 Å². The Bertz CT molecular complexity index is 516. The van der Waals surface area contributed by atoms with Crippen LogP contribution in [0.15, 0.2) is 35.2 Å². The van der Waals surface area contributed by atoms with Gasteiger partial charge in [-0.05, 0) is 30.4 Å². The lowest BCUT2D eigenvalue weighted by atomic mass is 9.83. The lowest BCUT2D eigenvalue weighted by Gasteiger charge is -2.44. The van der Waals surface area contributed by atoms with Crippen molar-refractivity contribution in [2.75, 3.05) is 13.3 Å². The third kappa shape index (κ3) is 4.61. The highest BCUT2D eigenvalue weighted by atomic mass is 32.2. The summed E-state index contributed by atoms with van der Waals surface area (Å²) in [5.74, 6) is 0.710. The van der Waals surface area contributed by atoms with E-state index >= 15 is 0 Å². The first-order chi connectivity index (χ1) is 10.3. The van der Waals surface area contributed by atoms with Crippen LogP contribution in [0.5, 0.6) is 0 Å². The number of hydrogen-bond donors (Lipinski definition) is 0. The third-order valence-corrected chi connectivity index (χ3v) is 6.19. The number of ether oxygens (including phenoxy) is 1. The van der Waals surface area contributed by atoms with Crippen molar-refractivity contribution >= 4 is 19.1 Å². The van der Waals surface area contributed by atoms with E-state index in [1.54, 1.807) is 25.1 Å². The summed E-state index contributed by atoms with van der Waals surface area (Å²) in [7, 11) is -2.56. The molecule has 1 aliphatic heterocycles. The van der Waals surface area contributed by atoms with Crippen LogP contribution in [-0.4, -0.2) is 31.0 Å². The van der Waals surface area contributed by atoms with Gasteiger partial charge in [0, 0.05) is 18.2 Å². The standard InChI is InChI=1S/C17H27O3PS/c1-6-15-12(2)13(3)16(20-21(4,5)18)17(19-15)22-14-10-8-7-9-11-14/h7-13,15-17H,6H2,1-5H3. The van der Waals surface area contributed by atoms with E-state index in [4.69, 9.17) is 9.26 Å². The molecule has 1 aromatic rings. The van der Waals surface area contributed by atoms with E-state index in [0.717, 1.165) is 11.3 Å². The molecular formula is C17H27O3PS. The highest BCUT2D eigenvalue weighted by Crippen LogP contribution is 2.48. The van der Waals surface area contributed by atoms with Crippen molar-refractivity contribution in [3.8, 4) is 0 Å². The van der Waals surface area contributed by atoms with Crippen molar-refractivity contribution in [2.24, 2.45) is 11.8 Å². The molecule has 1 aromatic carbocycles. The van der Waals surface area contributed by atoms with Gasteiger partial charge in [0.15, 0.2) is 7.37 Å². The van der Waals surface area contributed by atoms with Crippen LogP contribution >= 0.6 is 19.1 Å². The minimum Gasteiger partial charge on any atom is -0.361 e. The molecule has 5 atom stereocenters. The van der Waals surface area contributed by atoms with E-state index in [0.29, 0.717) is 11.8 Å². The molecule has 1 fully saturated rings. The van der Waals surface area contributed by atoms with Crippen molar-refractivity contribution in [3.63, 3.8) is 0 Å². The van der Waals surface area contributed by atoms with E-state index in [1.165, 1.54) is 0 Å². The van der Waals surface area contributed by atoms with Gasteiger partial charge in [-0.3, -0.25) is 4.57 Å². The van der Waals surface area contributed by atoms with Crippen LogP contribution in [0.2, 0.25) is 0 Å². The van der Waals surface area contributed by atoms with Gasteiger partial charge >= 0.3 is 0 Å². The molecule has 124 valence electrons. The minimum absolute atomic E-state index is 0.119. The molecule has 0 aliphatic carbocycles. The summed E-state index contributed by atoms with van der Waals surface area (Å²) >= 11 is 1.67. The van der Waals surface area contributed by atoms with Gasteiger partial charge in [-0.2, -0.15) is 0 Å². The molecule has 0 spiro atoms. The molecule has 0 amide bonds. The molecule has 5 heteroatoms. The SMILES string of the molecule is CCC1OC(Sc2ccccc2)C(OP(C)(C)=O)C(C)C1C. The predicted molar refractivity (Wildman–Crippen MR) is 93.9 cm³/mol. The predicted octanol–water partition coefficient (Wildman–Crippen LogP) is 5.11. The Hall–Kier alpha value is -0.280. The van der Waals surface area contributed by atoms with Gasteiger partial charge in [0.25, 0.3) is 0 Å². The van der Waals surface area contributed by atoms with Crippen LogP contribution in [0, 0.1) is 11.8 Å². The molecule has 2 rings (SSSR count). The number of benzene rings is 1. The second-order valence-electron chi connectivity index (χ2n) is 6.42. The number of thioether (sulfide) groups is 1.